The minimum Gasteiger partial charge on any atom is -0.454 e. The predicted molar refractivity (Wildman–Crippen MR) is 72.5 cm³/mol. The SMILES string of the molecule is CC(C)c1ncc(C(=O)OC2([C@H]3CCOC3)CC2)s1. The molecule has 1 aliphatic carbocycles. The molecule has 0 amide bonds. The van der Waals surface area contributed by atoms with Crippen molar-refractivity contribution in [3.05, 3.63) is 16.1 Å². The zero-order valence-electron chi connectivity index (χ0n) is 11.3. The van der Waals surface area contributed by atoms with E-state index >= 15 is 0 Å². The van der Waals surface area contributed by atoms with Gasteiger partial charge < -0.3 is 9.47 Å². The molecule has 0 bridgehead atoms. The zero-order valence-corrected chi connectivity index (χ0v) is 12.2. The molecule has 1 aliphatic heterocycles. The number of thiazole rings is 1. The van der Waals surface area contributed by atoms with E-state index in [0.29, 0.717) is 16.7 Å². The lowest BCUT2D eigenvalue weighted by Crippen LogP contribution is -2.29. The predicted octanol–water partition coefficient (Wildman–Crippen LogP) is 2.99. The second kappa shape index (κ2) is 4.87. The summed E-state index contributed by atoms with van der Waals surface area (Å²) in [6.45, 7) is 5.67. The molecule has 2 heterocycles. The van der Waals surface area contributed by atoms with Gasteiger partial charge in [-0.3, -0.25) is 0 Å². The molecule has 19 heavy (non-hydrogen) atoms. The highest BCUT2D eigenvalue weighted by Gasteiger charge is 2.54. The lowest BCUT2D eigenvalue weighted by atomic mass is 9.99. The minimum absolute atomic E-state index is 0.214. The van der Waals surface area contributed by atoms with Crippen molar-refractivity contribution in [3.63, 3.8) is 0 Å². The van der Waals surface area contributed by atoms with Crippen molar-refractivity contribution in [1.29, 1.82) is 0 Å². The first-order valence-corrected chi connectivity index (χ1v) is 7.69. The van der Waals surface area contributed by atoms with Gasteiger partial charge in [0.25, 0.3) is 0 Å². The van der Waals surface area contributed by atoms with E-state index in [0.717, 1.165) is 37.5 Å². The molecule has 1 atom stereocenters. The van der Waals surface area contributed by atoms with Crippen molar-refractivity contribution in [1.82, 2.24) is 4.98 Å². The molecule has 0 spiro atoms. The van der Waals surface area contributed by atoms with E-state index in [1.807, 2.05) is 0 Å². The standard InChI is InChI=1S/C14H19NO3S/c1-9(2)12-15-7-11(19-12)13(16)18-14(4-5-14)10-3-6-17-8-10/h7,9-10H,3-6,8H2,1-2H3/t10-/m0/s1. The highest BCUT2D eigenvalue weighted by Crippen LogP contribution is 2.49. The summed E-state index contributed by atoms with van der Waals surface area (Å²) in [5.41, 5.74) is -0.241. The Hall–Kier alpha value is -0.940. The van der Waals surface area contributed by atoms with Gasteiger partial charge in [0, 0.05) is 18.4 Å². The van der Waals surface area contributed by atoms with Gasteiger partial charge in [0.1, 0.15) is 10.5 Å². The Balaban J connectivity index is 1.67. The van der Waals surface area contributed by atoms with Crippen LogP contribution in [0.3, 0.4) is 0 Å². The van der Waals surface area contributed by atoms with Gasteiger partial charge in [0.15, 0.2) is 0 Å². The molecule has 0 radical (unpaired) electrons. The van der Waals surface area contributed by atoms with Crippen LogP contribution in [0.1, 0.15) is 53.7 Å². The molecule has 2 fully saturated rings. The van der Waals surface area contributed by atoms with Crippen LogP contribution < -0.4 is 0 Å². The second-order valence-corrected chi connectivity index (χ2v) is 6.79. The van der Waals surface area contributed by atoms with Crippen molar-refractivity contribution in [2.75, 3.05) is 13.2 Å². The fraction of sp³-hybridized carbons (Fsp3) is 0.714. The van der Waals surface area contributed by atoms with Crippen LogP contribution in [0.15, 0.2) is 6.20 Å². The van der Waals surface area contributed by atoms with Crippen LogP contribution in [-0.2, 0) is 9.47 Å². The number of hydrogen-bond acceptors (Lipinski definition) is 5. The Labute approximate surface area is 117 Å². The fourth-order valence-corrected chi connectivity index (χ4v) is 3.35. The summed E-state index contributed by atoms with van der Waals surface area (Å²) >= 11 is 1.44. The maximum Gasteiger partial charge on any atom is 0.350 e. The first kappa shape index (κ1) is 13.1. The van der Waals surface area contributed by atoms with Gasteiger partial charge in [-0.25, -0.2) is 9.78 Å². The molecule has 1 aromatic heterocycles. The summed E-state index contributed by atoms with van der Waals surface area (Å²) in [5, 5.41) is 0.987. The molecule has 2 aliphatic rings. The van der Waals surface area contributed by atoms with Crippen molar-refractivity contribution < 1.29 is 14.3 Å². The van der Waals surface area contributed by atoms with Gasteiger partial charge in [-0.2, -0.15) is 0 Å². The van der Waals surface area contributed by atoms with E-state index in [2.05, 4.69) is 18.8 Å². The molecular formula is C14H19NO3S. The molecule has 0 aromatic carbocycles. The van der Waals surface area contributed by atoms with Gasteiger partial charge in [-0.05, 0) is 19.3 Å². The lowest BCUT2D eigenvalue weighted by molar-refractivity contribution is 0.00133. The van der Waals surface area contributed by atoms with Crippen molar-refractivity contribution in [2.45, 2.75) is 44.6 Å². The van der Waals surface area contributed by atoms with Crippen molar-refractivity contribution >= 4 is 17.3 Å². The number of aromatic nitrogens is 1. The third-order valence-electron chi connectivity index (χ3n) is 3.93. The number of nitrogens with zero attached hydrogens (tertiary/aromatic N) is 1. The summed E-state index contributed by atoms with van der Waals surface area (Å²) in [7, 11) is 0. The Bertz CT molecular complexity index is 473. The largest absolute Gasteiger partial charge is 0.454 e. The van der Waals surface area contributed by atoms with Gasteiger partial charge in [0.2, 0.25) is 0 Å². The minimum atomic E-state index is -0.241. The normalized spacial score (nSPS) is 24.7. The van der Waals surface area contributed by atoms with Gasteiger partial charge in [-0.15, -0.1) is 11.3 Å². The average molecular weight is 281 g/mol. The summed E-state index contributed by atoms with van der Waals surface area (Å²) in [6.07, 6.45) is 4.60. The molecule has 5 heteroatoms. The van der Waals surface area contributed by atoms with Gasteiger partial charge in [-0.1, -0.05) is 13.8 Å². The Morgan fingerprint density at radius 1 is 1.58 bits per heavy atom. The van der Waals surface area contributed by atoms with E-state index in [1.165, 1.54) is 11.3 Å². The topological polar surface area (TPSA) is 48.4 Å². The summed E-state index contributed by atoms with van der Waals surface area (Å²) in [4.78, 5) is 17.1. The summed E-state index contributed by atoms with van der Waals surface area (Å²) in [5.74, 6) is 0.521. The number of rotatable bonds is 4. The molecule has 1 aromatic rings. The molecule has 4 nitrogen and oxygen atoms in total. The van der Waals surface area contributed by atoms with E-state index in [-0.39, 0.29) is 11.6 Å². The van der Waals surface area contributed by atoms with Gasteiger partial charge in [0.05, 0.1) is 17.8 Å². The highest BCUT2D eigenvalue weighted by molar-refractivity contribution is 7.13. The second-order valence-electron chi connectivity index (χ2n) is 5.73. The Morgan fingerprint density at radius 2 is 2.37 bits per heavy atom. The van der Waals surface area contributed by atoms with E-state index in [9.17, 15) is 4.79 Å². The molecule has 104 valence electrons. The Kier molecular flexibility index (Phi) is 3.35. The first-order chi connectivity index (χ1) is 9.11. The van der Waals surface area contributed by atoms with E-state index in [1.54, 1.807) is 6.20 Å². The monoisotopic (exact) mass is 281 g/mol. The van der Waals surface area contributed by atoms with Crippen LogP contribution in [0.5, 0.6) is 0 Å². The maximum absolute atomic E-state index is 12.2. The average Bonchev–Trinajstić information content (AvgIpc) is 2.91. The number of esters is 1. The van der Waals surface area contributed by atoms with Crippen LogP contribution in [0.25, 0.3) is 0 Å². The van der Waals surface area contributed by atoms with E-state index in [4.69, 9.17) is 9.47 Å². The molecule has 1 saturated heterocycles. The number of carbonyl (C=O) groups excluding carboxylic acids is 1. The summed E-state index contributed by atoms with van der Waals surface area (Å²) in [6, 6.07) is 0. The smallest absolute Gasteiger partial charge is 0.350 e. The van der Waals surface area contributed by atoms with Crippen LogP contribution >= 0.6 is 11.3 Å². The number of hydrogen-bond donors (Lipinski definition) is 0. The van der Waals surface area contributed by atoms with Crippen LogP contribution in [0, 0.1) is 5.92 Å². The lowest BCUT2D eigenvalue weighted by Gasteiger charge is -2.21. The number of ether oxygens (including phenoxy) is 2. The first-order valence-electron chi connectivity index (χ1n) is 6.87. The molecule has 0 N–H and O–H groups in total. The molecular weight excluding hydrogens is 262 g/mol. The van der Waals surface area contributed by atoms with Crippen LogP contribution in [0.2, 0.25) is 0 Å². The van der Waals surface area contributed by atoms with Crippen LogP contribution in [0.4, 0.5) is 0 Å². The third-order valence-corrected chi connectivity index (χ3v) is 5.21. The molecule has 3 rings (SSSR count). The highest BCUT2D eigenvalue weighted by atomic mass is 32.1. The van der Waals surface area contributed by atoms with Crippen molar-refractivity contribution in [3.8, 4) is 0 Å². The Morgan fingerprint density at radius 3 is 2.89 bits per heavy atom. The van der Waals surface area contributed by atoms with E-state index < -0.39 is 0 Å². The van der Waals surface area contributed by atoms with Crippen LogP contribution in [-0.4, -0.2) is 29.8 Å². The van der Waals surface area contributed by atoms with Crippen molar-refractivity contribution in [2.24, 2.45) is 5.92 Å². The maximum atomic E-state index is 12.2. The zero-order chi connectivity index (χ0) is 13.5. The number of carbonyl (C=O) groups is 1. The summed E-state index contributed by atoms with van der Waals surface area (Å²) < 4.78 is 11.2. The molecule has 0 unspecified atom stereocenters. The van der Waals surface area contributed by atoms with Gasteiger partial charge >= 0.3 is 5.97 Å². The fourth-order valence-electron chi connectivity index (χ4n) is 2.55. The quantitative estimate of drug-likeness (QED) is 0.796. The molecule has 1 saturated carbocycles. The third kappa shape index (κ3) is 2.54.